The van der Waals surface area contributed by atoms with Crippen molar-refractivity contribution >= 4 is 11.8 Å². The van der Waals surface area contributed by atoms with Crippen LogP contribution in [0.15, 0.2) is 42.9 Å². The third-order valence-electron chi connectivity index (χ3n) is 3.48. The minimum absolute atomic E-state index is 0.00383. The van der Waals surface area contributed by atoms with Crippen LogP contribution >= 0.6 is 0 Å². The van der Waals surface area contributed by atoms with Crippen molar-refractivity contribution in [3.05, 3.63) is 48.4 Å². The maximum atomic E-state index is 11.8. The molecule has 23 heavy (non-hydrogen) atoms. The van der Waals surface area contributed by atoms with Gasteiger partial charge in [0.1, 0.15) is 17.7 Å². The lowest BCUT2D eigenvalue weighted by Gasteiger charge is -2.13. The SMILES string of the molecule is O=C(NCCNc1cnccn1)NC[C@@H]1Cc2ccccc2O1. The number of rotatable bonds is 6. The summed E-state index contributed by atoms with van der Waals surface area (Å²) in [6.07, 6.45) is 5.68. The number of nitrogens with one attached hydrogen (secondary N) is 3. The maximum absolute atomic E-state index is 11.8. The number of hydrogen-bond acceptors (Lipinski definition) is 5. The van der Waals surface area contributed by atoms with Crippen molar-refractivity contribution in [3.63, 3.8) is 0 Å². The molecule has 0 aliphatic carbocycles. The summed E-state index contributed by atoms with van der Waals surface area (Å²) in [4.78, 5) is 19.8. The Morgan fingerprint density at radius 1 is 1.22 bits per heavy atom. The normalized spacial score (nSPS) is 15.4. The topological polar surface area (TPSA) is 88.2 Å². The first-order valence-electron chi connectivity index (χ1n) is 7.57. The molecule has 2 heterocycles. The highest BCUT2D eigenvalue weighted by atomic mass is 16.5. The molecular formula is C16H19N5O2. The molecule has 1 aromatic heterocycles. The first kappa shape index (κ1) is 15.1. The van der Waals surface area contributed by atoms with Gasteiger partial charge in [0, 0.05) is 31.9 Å². The molecule has 0 unspecified atom stereocenters. The van der Waals surface area contributed by atoms with Crippen LogP contribution in [0, 0.1) is 0 Å². The Morgan fingerprint density at radius 3 is 2.96 bits per heavy atom. The average Bonchev–Trinajstić information content (AvgIpc) is 3.01. The summed E-state index contributed by atoms with van der Waals surface area (Å²) in [7, 11) is 0. The van der Waals surface area contributed by atoms with Gasteiger partial charge in [0.15, 0.2) is 0 Å². The molecule has 3 rings (SSSR count). The van der Waals surface area contributed by atoms with E-state index in [1.54, 1.807) is 18.6 Å². The van der Waals surface area contributed by atoms with Crippen LogP contribution in [-0.2, 0) is 6.42 Å². The molecule has 1 aliphatic rings. The van der Waals surface area contributed by atoms with Crippen molar-refractivity contribution in [2.45, 2.75) is 12.5 Å². The summed E-state index contributed by atoms with van der Waals surface area (Å²) in [5.41, 5.74) is 1.19. The summed E-state index contributed by atoms with van der Waals surface area (Å²) in [5, 5.41) is 8.68. The second kappa shape index (κ2) is 7.44. The van der Waals surface area contributed by atoms with E-state index >= 15 is 0 Å². The van der Waals surface area contributed by atoms with Crippen molar-refractivity contribution in [2.24, 2.45) is 0 Å². The second-order valence-electron chi connectivity index (χ2n) is 5.21. The van der Waals surface area contributed by atoms with Crippen molar-refractivity contribution in [3.8, 4) is 5.75 Å². The van der Waals surface area contributed by atoms with E-state index < -0.39 is 0 Å². The molecule has 2 aromatic rings. The predicted molar refractivity (Wildman–Crippen MR) is 86.5 cm³/mol. The number of hydrogen-bond donors (Lipinski definition) is 3. The number of carbonyl (C=O) groups is 1. The van der Waals surface area contributed by atoms with Crippen LogP contribution in [0.2, 0.25) is 0 Å². The van der Waals surface area contributed by atoms with E-state index in [1.807, 2.05) is 24.3 Å². The maximum Gasteiger partial charge on any atom is 0.314 e. The number of urea groups is 1. The monoisotopic (exact) mass is 313 g/mol. The highest BCUT2D eigenvalue weighted by Gasteiger charge is 2.22. The molecule has 120 valence electrons. The van der Waals surface area contributed by atoms with Gasteiger partial charge < -0.3 is 20.7 Å². The molecule has 7 nitrogen and oxygen atoms in total. The van der Waals surface area contributed by atoms with Gasteiger partial charge >= 0.3 is 6.03 Å². The smallest absolute Gasteiger partial charge is 0.314 e. The van der Waals surface area contributed by atoms with Gasteiger partial charge in [-0.05, 0) is 11.6 Å². The fourth-order valence-electron chi connectivity index (χ4n) is 2.39. The van der Waals surface area contributed by atoms with E-state index in [9.17, 15) is 4.79 Å². The summed E-state index contributed by atoms with van der Waals surface area (Å²) in [6.45, 7) is 1.56. The zero-order valence-electron chi connectivity index (χ0n) is 12.7. The van der Waals surface area contributed by atoms with Gasteiger partial charge in [-0.2, -0.15) is 0 Å². The minimum atomic E-state index is -0.203. The largest absolute Gasteiger partial charge is 0.488 e. The minimum Gasteiger partial charge on any atom is -0.488 e. The Balaban J connectivity index is 1.30. The number of benzene rings is 1. The van der Waals surface area contributed by atoms with Crippen LogP contribution in [0.4, 0.5) is 10.6 Å². The number of ether oxygens (including phenoxy) is 1. The molecule has 1 atom stereocenters. The molecule has 7 heteroatoms. The van der Waals surface area contributed by atoms with Gasteiger partial charge in [0.05, 0.1) is 12.7 Å². The Hall–Kier alpha value is -2.83. The fourth-order valence-corrected chi connectivity index (χ4v) is 2.39. The van der Waals surface area contributed by atoms with Crippen LogP contribution in [0.3, 0.4) is 0 Å². The standard InChI is InChI=1S/C16H19N5O2/c22-16(20-8-7-19-15-11-17-5-6-18-15)21-10-13-9-12-3-1-2-4-14(12)23-13/h1-6,11,13H,7-10H2,(H,18,19)(H2,20,21,22)/t13-/m0/s1. The van der Waals surface area contributed by atoms with Crippen LogP contribution < -0.4 is 20.7 Å². The van der Waals surface area contributed by atoms with E-state index in [0.717, 1.165) is 12.2 Å². The first-order chi connectivity index (χ1) is 11.3. The number of fused-ring (bicyclic) bond motifs is 1. The molecule has 3 N–H and O–H groups in total. The number of nitrogens with zero attached hydrogens (tertiary/aromatic N) is 2. The third-order valence-corrected chi connectivity index (χ3v) is 3.48. The van der Waals surface area contributed by atoms with Gasteiger partial charge in [0.25, 0.3) is 0 Å². The molecule has 0 bridgehead atoms. The summed E-state index contributed by atoms with van der Waals surface area (Å²) < 4.78 is 5.77. The lowest BCUT2D eigenvalue weighted by atomic mass is 10.1. The number of amides is 2. The van der Waals surface area contributed by atoms with E-state index in [2.05, 4.69) is 25.9 Å². The quantitative estimate of drug-likeness (QED) is 0.697. The molecular weight excluding hydrogens is 294 g/mol. The number of aromatic nitrogens is 2. The molecule has 1 aromatic carbocycles. The molecule has 0 spiro atoms. The van der Waals surface area contributed by atoms with Crippen molar-refractivity contribution in [1.29, 1.82) is 0 Å². The van der Waals surface area contributed by atoms with Gasteiger partial charge in [0.2, 0.25) is 0 Å². The number of carbonyl (C=O) groups excluding carboxylic acids is 1. The van der Waals surface area contributed by atoms with E-state index in [0.29, 0.717) is 25.5 Å². The van der Waals surface area contributed by atoms with Crippen molar-refractivity contribution in [2.75, 3.05) is 25.0 Å². The van der Waals surface area contributed by atoms with Gasteiger partial charge in [-0.25, -0.2) is 9.78 Å². The van der Waals surface area contributed by atoms with Crippen molar-refractivity contribution < 1.29 is 9.53 Å². The summed E-state index contributed by atoms with van der Waals surface area (Å²) in [6, 6.07) is 7.74. The molecule has 0 radical (unpaired) electrons. The average molecular weight is 313 g/mol. The van der Waals surface area contributed by atoms with Crippen LogP contribution in [0.1, 0.15) is 5.56 Å². The van der Waals surface area contributed by atoms with Crippen LogP contribution in [-0.4, -0.2) is 41.7 Å². The molecule has 2 amide bonds. The number of para-hydroxylation sites is 1. The van der Waals surface area contributed by atoms with E-state index in [-0.39, 0.29) is 12.1 Å². The highest BCUT2D eigenvalue weighted by molar-refractivity contribution is 5.73. The summed E-state index contributed by atoms with van der Waals surface area (Å²) >= 11 is 0. The van der Waals surface area contributed by atoms with Crippen molar-refractivity contribution in [1.82, 2.24) is 20.6 Å². The van der Waals surface area contributed by atoms with Gasteiger partial charge in [-0.15, -0.1) is 0 Å². The Morgan fingerprint density at radius 2 is 2.13 bits per heavy atom. The molecule has 1 aliphatic heterocycles. The first-order valence-corrected chi connectivity index (χ1v) is 7.57. The second-order valence-corrected chi connectivity index (χ2v) is 5.21. The molecule has 0 fully saturated rings. The Labute approximate surface area is 134 Å². The molecule has 0 saturated heterocycles. The summed E-state index contributed by atoms with van der Waals surface area (Å²) in [5.74, 6) is 1.60. The fraction of sp³-hybridized carbons (Fsp3) is 0.312. The Kier molecular flexibility index (Phi) is 4.88. The van der Waals surface area contributed by atoms with Gasteiger partial charge in [-0.3, -0.25) is 4.98 Å². The van der Waals surface area contributed by atoms with Gasteiger partial charge in [-0.1, -0.05) is 18.2 Å². The highest BCUT2D eigenvalue weighted by Crippen LogP contribution is 2.27. The zero-order valence-corrected chi connectivity index (χ0v) is 12.7. The van der Waals surface area contributed by atoms with Crippen LogP contribution in [0.25, 0.3) is 0 Å². The number of anilines is 1. The lowest BCUT2D eigenvalue weighted by molar-refractivity contribution is 0.214. The van der Waals surface area contributed by atoms with E-state index in [4.69, 9.17) is 4.74 Å². The predicted octanol–water partition coefficient (Wildman–Crippen LogP) is 1.19. The van der Waals surface area contributed by atoms with Crippen LogP contribution in [0.5, 0.6) is 5.75 Å². The third kappa shape index (κ3) is 4.32. The lowest BCUT2D eigenvalue weighted by Crippen LogP contribution is -2.42. The van der Waals surface area contributed by atoms with E-state index in [1.165, 1.54) is 5.56 Å². The Bertz CT molecular complexity index is 625. The molecule has 0 saturated carbocycles. The zero-order chi connectivity index (χ0) is 15.9.